The van der Waals surface area contributed by atoms with Gasteiger partial charge in [-0.05, 0) is 65.5 Å². The van der Waals surface area contributed by atoms with E-state index in [9.17, 15) is 0 Å². The number of hydrogen-bond acceptors (Lipinski definition) is 2. The van der Waals surface area contributed by atoms with Crippen molar-refractivity contribution in [1.29, 1.82) is 0 Å². The van der Waals surface area contributed by atoms with E-state index in [0.717, 1.165) is 11.8 Å². The second-order valence-electron chi connectivity index (χ2n) is 6.06. The normalized spacial score (nSPS) is 15.5. The van der Waals surface area contributed by atoms with Gasteiger partial charge < -0.3 is 9.80 Å². The molecule has 0 N–H and O–H groups in total. The van der Waals surface area contributed by atoms with Crippen LogP contribution in [-0.4, -0.2) is 50.6 Å². The van der Waals surface area contributed by atoms with Crippen molar-refractivity contribution in [2.75, 3.05) is 40.8 Å². The fraction of sp³-hybridized carbons (Fsp3) is 1.00. The summed E-state index contributed by atoms with van der Waals surface area (Å²) in [5, 5.41) is 0. The molecule has 0 aromatic carbocycles. The minimum atomic E-state index is 0.878. The highest BCUT2D eigenvalue weighted by Gasteiger charge is 2.08. The molecule has 0 aromatic heterocycles. The molecule has 0 aliphatic rings. The molecule has 0 rings (SSSR count). The summed E-state index contributed by atoms with van der Waals surface area (Å²) in [6, 6.07) is 0. The van der Waals surface area contributed by atoms with Crippen molar-refractivity contribution < 1.29 is 0 Å². The van der Waals surface area contributed by atoms with Crippen molar-refractivity contribution >= 4 is 0 Å². The van der Waals surface area contributed by atoms with Gasteiger partial charge in [-0.2, -0.15) is 0 Å². The molecular weight excluding hydrogens is 208 g/mol. The van der Waals surface area contributed by atoms with E-state index >= 15 is 0 Å². The Balaban J connectivity index is 3.51. The maximum atomic E-state index is 2.41. The van der Waals surface area contributed by atoms with Crippen LogP contribution in [0.1, 0.15) is 46.5 Å². The van der Waals surface area contributed by atoms with Crippen molar-refractivity contribution in [1.82, 2.24) is 9.80 Å². The van der Waals surface area contributed by atoms with Crippen molar-refractivity contribution in [2.45, 2.75) is 46.5 Å². The van der Waals surface area contributed by atoms with E-state index in [1.807, 2.05) is 0 Å². The van der Waals surface area contributed by atoms with Crippen LogP contribution in [0.2, 0.25) is 0 Å². The summed E-state index contributed by atoms with van der Waals surface area (Å²) in [4.78, 5) is 4.70. The predicted molar refractivity (Wildman–Crippen MR) is 78.5 cm³/mol. The average molecular weight is 242 g/mol. The third-order valence-corrected chi connectivity index (χ3v) is 3.76. The van der Waals surface area contributed by atoms with Crippen LogP contribution in [0.5, 0.6) is 0 Å². The van der Waals surface area contributed by atoms with Crippen LogP contribution in [-0.2, 0) is 0 Å². The minimum absolute atomic E-state index is 0.878. The zero-order valence-corrected chi connectivity index (χ0v) is 13.0. The monoisotopic (exact) mass is 242 g/mol. The summed E-state index contributed by atoms with van der Waals surface area (Å²) in [6.45, 7) is 10.7. The summed E-state index contributed by atoms with van der Waals surface area (Å²) in [7, 11) is 6.54. The number of hydrogen-bond donors (Lipinski definition) is 0. The molecule has 2 unspecified atom stereocenters. The highest BCUT2D eigenvalue weighted by molar-refractivity contribution is 4.61. The molecule has 0 amide bonds. The zero-order chi connectivity index (χ0) is 13.3. The van der Waals surface area contributed by atoms with Gasteiger partial charge in [-0.15, -0.1) is 0 Å². The Labute approximate surface area is 109 Å². The molecule has 0 aromatic rings. The lowest BCUT2D eigenvalue weighted by Crippen LogP contribution is -2.20. The first-order chi connectivity index (χ1) is 7.95. The smallest absolute Gasteiger partial charge is 0.00194 e. The highest BCUT2D eigenvalue weighted by Crippen LogP contribution is 2.17. The molecule has 17 heavy (non-hydrogen) atoms. The molecule has 0 saturated carbocycles. The summed E-state index contributed by atoms with van der Waals surface area (Å²) < 4.78 is 0. The van der Waals surface area contributed by atoms with Gasteiger partial charge in [-0.3, -0.25) is 0 Å². The molecule has 0 heterocycles. The van der Waals surface area contributed by atoms with Crippen LogP contribution in [0.15, 0.2) is 0 Å². The van der Waals surface area contributed by atoms with Crippen LogP contribution in [0, 0.1) is 11.8 Å². The van der Waals surface area contributed by atoms with E-state index in [0.29, 0.717) is 0 Å². The third-order valence-electron chi connectivity index (χ3n) is 3.76. The fourth-order valence-corrected chi connectivity index (χ4v) is 1.94. The van der Waals surface area contributed by atoms with E-state index in [2.05, 4.69) is 51.7 Å². The van der Waals surface area contributed by atoms with Gasteiger partial charge in [0, 0.05) is 0 Å². The van der Waals surface area contributed by atoms with Crippen molar-refractivity contribution in [3.63, 3.8) is 0 Å². The lowest BCUT2D eigenvalue weighted by atomic mass is 9.94. The van der Waals surface area contributed by atoms with Crippen LogP contribution in [0.4, 0.5) is 0 Å². The number of nitrogens with zero attached hydrogens (tertiary/aromatic N) is 2. The van der Waals surface area contributed by atoms with Gasteiger partial charge in [-0.1, -0.05) is 33.6 Å². The fourth-order valence-electron chi connectivity index (χ4n) is 1.94. The average Bonchev–Trinajstić information content (AvgIpc) is 2.30. The Kier molecular flexibility index (Phi) is 9.85. The first-order valence-electron chi connectivity index (χ1n) is 7.29. The quantitative estimate of drug-likeness (QED) is 0.580. The molecular formula is C15H34N2. The van der Waals surface area contributed by atoms with Crippen LogP contribution < -0.4 is 0 Å². The van der Waals surface area contributed by atoms with Crippen LogP contribution in [0.3, 0.4) is 0 Å². The first kappa shape index (κ1) is 16.9. The lowest BCUT2D eigenvalue weighted by Gasteiger charge is -2.20. The molecule has 0 aliphatic heterocycles. The van der Waals surface area contributed by atoms with Crippen LogP contribution in [0.25, 0.3) is 0 Å². The van der Waals surface area contributed by atoms with Crippen molar-refractivity contribution in [2.24, 2.45) is 11.8 Å². The number of rotatable bonds is 10. The summed E-state index contributed by atoms with van der Waals surface area (Å²) in [6.07, 6.45) is 5.48. The summed E-state index contributed by atoms with van der Waals surface area (Å²) in [5.41, 5.74) is 0. The molecule has 0 fully saturated rings. The lowest BCUT2D eigenvalue weighted by molar-refractivity contribution is 0.296. The van der Waals surface area contributed by atoms with Crippen molar-refractivity contribution in [3.8, 4) is 0 Å². The Hall–Kier alpha value is -0.0800. The standard InChI is InChI=1S/C15H34N2/c1-7-17(6)13-11-15(3)9-8-14(2)10-12-16(4)5/h14-15H,7-13H2,1-6H3. The topological polar surface area (TPSA) is 6.48 Å². The van der Waals surface area contributed by atoms with E-state index in [1.54, 1.807) is 0 Å². The second-order valence-corrected chi connectivity index (χ2v) is 6.06. The molecule has 2 atom stereocenters. The van der Waals surface area contributed by atoms with E-state index in [-0.39, 0.29) is 0 Å². The summed E-state index contributed by atoms with van der Waals surface area (Å²) in [5.74, 6) is 1.76. The molecule has 0 bridgehead atoms. The zero-order valence-electron chi connectivity index (χ0n) is 13.0. The predicted octanol–water partition coefficient (Wildman–Crippen LogP) is 3.33. The van der Waals surface area contributed by atoms with Gasteiger partial charge >= 0.3 is 0 Å². The van der Waals surface area contributed by atoms with Gasteiger partial charge in [0.15, 0.2) is 0 Å². The maximum Gasteiger partial charge on any atom is -0.00194 e. The Morgan fingerprint density at radius 3 is 1.65 bits per heavy atom. The first-order valence-corrected chi connectivity index (χ1v) is 7.29. The molecule has 2 heteroatoms. The Bertz CT molecular complexity index is 168. The van der Waals surface area contributed by atoms with E-state index in [1.165, 1.54) is 45.3 Å². The van der Waals surface area contributed by atoms with Gasteiger partial charge in [0.25, 0.3) is 0 Å². The van der Waals surface area contributed by atoms with Gasteiger partial charge in [0.05, 0.1) is 0 Å². The molecule has 0 radical (unpaired) electrons. The SMILES string of the molecule is CCN(C)CCC(C)CCC(C)CCN(C)C. The van der Waals surface area contributed by atoms with E-state index < -0.39 is 0 Å². The largest absolute Gasteiger partial charge is 0.309 e. The molecule has 0 saturated heterocycles. The van der Waals surface area contributed by atoms with E-state index in [4.69, 9.17) is 0 Å². The molecule has 0 aliphatic carbocycles. The third kappa shape index (κ3) is 10.8. The van der Waals surface area contributed by atoms with Gasteiger partial charge in [0.1, 0.15) is 0 Å². The molecule has 2 nitrogen and oxygen atoms in total. The highest BCUT2D eigenvalue weighted by atomic mass is 15.1. The van der Waals surface area contributed by atoms with Crippen molar-refractivity contribution in [3.05, 3.63) is 0 Å². The van der Waals surface area contributed by atoms with Gasteiger partial charge in [0.2, 0.25) is 0 Å². The van der Waals surface area contributed by atoms with Gasteiger partial charge in [-0.25, -0.2) is 0 Å². The maximum absolute atomic E-state index is 2.41. The second kappa shape index (κ2) is 9.90. The molecule has 104 valence electrons. The summed E-state index contributed by atoms with van der Waals surface area (Å²) >= 11 is 0. The Morgan fingerprint density at radius 1 is 0.765 bits per heavy atom. The van der Waals surface area contributed by atoms with Crippen LogP contribution >= 0.6 is 0 Å². The Morgan fingerprint density at radius 2 is 1.24 bits per heavy atom. The molecule has 0 spiro atoms. The minimum Gasteiger partial charge on any atom is -0.309 e.